The van der Waals surface area contributed by atoms with E-state index in [0.29, 0.717) is 11.6 Å². The molecule has 6 heteroatoms. The molecule has 1 aliphatic rings. The molecule has 23 heavy (non-hydrogen) atoms. The largest absolute Gasteiger partial charge is 0.366 e. The van der Waals surface area contributed by atoms with Crippen LogP contribution in [0.15, 0.2) is 36.7 Å². The Hall–Kier alpha value is -1.85. The van der Waals surface area contributed by atoms with E-state index in [1.165, 1.54) is 12.1 Å². The first kappa shape index (κ1) is 17.5. The Kier molecular flexibility index (Phi) is 5.80. The number of halogens is 2. The second kappa shape index (κ2) is 7.62. The molecule has 1 saturated heterocycles. The van der Waals surface area contributed by atoms with Gasteiger partial charge in [-0.2, -0.15) is 0 Å². The van der Waals surface area contributed by atoms with Crippen LogP contribution in [0.1, 0.15) is 30.1 Å². The minimum Gasteiger partial charge on any atom is -0.366 e. The number of carbonyl (C=O) groups is 1. The van der Waals surface area contributed by atoms with Gasteiger partial charge < -0.3 is 15.6 Å². The van der Waals surface area contributed by atoms with Crippen LogP contribution >= 0.6 is 12.4 Å². The van der Waals surface area contributed by atoms with Crippen molar-refractivity contribution in [2.24, 2.45) is 0 Å². The number of piperidine rings is 1. The van der Waals surface area contributed by atoms with Crippen molar-refractivity contribution in [3.05, 3.63) is 48.0 Å². The molecule has 2 unspecified atom stereocenters. The highest BCUT2D eigenvalue weighted by molar-refractivity contribution is 6.00. The fourth-order valence-electron chi connectivity index (χ4n) is 2.95. The fraction of sp³-hybridized carbons (Fsp3) is 0.353. The third kappa shape index (κ3) is 4.12. The monoisotopic (exact) mass is 337 g/mol. The Morgan fingerprint density at radius 1 is 1.26 bits per heavy atom. The van der Waals surface area contributed by atoms with Crippen LogP contribution in [0, 0.1) is 5.82 Å². The number of rotatable bonds is 3. The standard InChI is InChI=1S/C17H20FN3O.ClH/c1-11-8-14(6-7-20-11)21-17(22)16-10-19-9-15(16)12-2-4-13(18)5-3-12;/h2-5,9-11,14,19-20H,6-8H2,1H3,(H,21,22);1H. The van der Waals surface area contributed by atoms with Gasteiger partial charge in [-0.3, -0.25) is 4.79 Å². The van der Waals surface area contributed by atoms with Crippen LogP contribution in [0.4, 0.5) is 4.39 Å². The zero-order valence-corrected chi connectivity index (χ0v) is 13.8. The second-order valence-electron chi connectivity index (χ2n) is 5.84. The Bertz CT molecular complexity index is 656. The van der Waals surface area contributed by atoms with E-state index in [2.05, 4.69) is 22.5 Å². The van der Waals surface area contributed by atoms with E-state index in [1.54, 1.807) is 24.5 Å². The molecule has 0 radical (unpaired) electrons. The fourth-order valence-corrected chi connectivity index (χ4v) is 2.95. The number of hydrogen-bond acceptors (Lipinski definition) is 2. The maximum Gasteiger partial charge on any atom is 0.253 e. The first-order valence-electron chi connectivity index (χ1n) is 7.60. The maximum atomic E-state index is 13.0. The van der Waals surface area contributed by atoms with Gasteiger partial charge in [0, 0.05) is 30.0 Å². The number of aromatic nitrogens is 1. The molecule has 1 fully saturated rings. The van der Waals surface area contributed by atoms with E-state index in [4.69, 9.17) is 0 Å². The van der Waals surface area contributed by atoms with Crippen LogP contribution < -0.4 is 10.6 Å². The summed E-state index contributed by atoms with van der Waals surface area (Å²) < 4.78 is 13.0. The van der Waals surface area contributed by atoms with Gasteiger partial charge in [0.25, 0.3) is 5.91 Å². The Morgan fingerprint density at radius 3 is 2.70 bits per heavy atom. The summed E-state index contributed by atoms with van der Waals surface area (Å²) >= 11 is 0. The summed E-state index contributed by atoms with van der Waals surface area (Å²) in [4.78, 5) is 15.5. The molecule has 1 amide bonds. The molecule has 0 bridgehead atoms. The summed E-state index contributed by atoms with van der Waals surface area (Å²) in [5, 5.41) is 6.47. The molecule has 3 N–H and O–H groups in total. The highest BCUT2D eigenvalue weighted by Crippen LogP contribution is 2.24. The van der Waals surface area contributed by atoms with Gasteiger partial charge in [0.1, 0.15) is 5.82 Å². The Morgan fingerprint density at radius 2 is 2.00 bits per heavy atom. The third-order valence-electron chi connectivity index (χ3n) is 4.10. The van der Waals surface area contributed by atoms with E-state index in [1.807, 2.05) is 0 Å². The molecule has 1 aliphatic heterocycles. The van der Waals surface area contributed by atoms with Crippen LogP contribution in [0.25, 0.3) is 11.1 Å². The molecule has 0 saturated carbocycles. The lowest BCUT2D eigenvalue weighted by Crippen LogP contribution is -2.46. The van der Waals surface area contributed by atoms with Gasteiger partial charge >= 0.3 is 0 Å². The molecular weight excluding hydrogens is 317 g/mol. The number of amides is 1. The van der Waals surface area contributed by atoms with Crippen LogP contribution in [-0.2, 0) is 0 Å². The predicted molar refractivity (Wildman–Crippen MR) is 91.4 cm³/mol. The summed E-state index contributed by atoms with van der Waals surface area (Å²) in [5.41, 5.74) is 2.21. The van der Waals surface area contributed by atoms with Gasteiger partial charge in [0.2, 0.25) is 0 Å². The molecule has 124 valence electrons. The minimum atomic E-state index is -0.283. The zero-order chi connectivity index (χ0) is 15.5. The molecular formula is C17H21ClFN3O. The highest BCUT2D eigenvalue weighted by Gasteiger charge is 2.22. The number of H-pyrrole nitrogens is 1. The first-order valence-corrected chi connectivity index (χ1v) is 7.60. The van der Waals surface area contributed by atoms with Gasteiger partial charge in [0.15, 0.2) is 0 Å². The molecule has 2 atom stereocenters. The Labute approximate surface area is 141 Å². The van der Waals surface area contributed by atoms with E-state index >= 15 is 0 Å². The van der Waals surface area contributed by atoms with Crippen LogP contribution in [-0.4, -0.2) is 29.5 Å². The number of benzene rings is 1. The summed E-state index contributed by atoms with van der Waals surface area (Å²) in [5.74, 6) is -0.367. The van der Waals surface area contributed by atoms with E-state index in [9.17, 15) is 9.18 Å². The van der Waals surface area contributed by atoms with Crippen molar-refractivity contribution < 1.29 is 9.18 Å². The van der Waals surface area contributed by atoms with Gasteiger partial charge in [-0.15, -0.1) is 12.4 Å². The quantitative estimate of drug-likeness (QED) is 0.806. The van der Waals surface area contributed by atoms with Gasteiger partial charge in [-0.1, -0.05) is 12.1 Å². The van der Waals surface area contributed by atoms with Crippen molar-refractivity contribution in [2.45, 2.75) is 31.8 Å². The number of carbonyl (C=O) groups excluding carboxylic acids is 1. The average molecular weight is 338 g/mol. The molecule has 1 aromatic carbocycles. The van der Waals surface area contributed by atoms with Crippen LogP contribution in [0.2, 0.25) is 0 Å². The molecule has 4 nitrogen and oxygen atoms in total. The highest BCUT2D eigenvalue weighted by atomic mass is 35.5. The number of nitrogens with one attached hydrogen (secondary N) is 3. The normalized spacial score (nSPS) is 20.6. The molecule has 0 spiro atoms. The lowest BCUT2D eigenvalue weighted by molar-refractivity contribution is 0.0926. The average Bonchev–Trinajstić information content (AvgIpc) is 2.97. The molecule has 3 rings (SSSR count). The summed E-state index contributed by atoms with van der Waals surface area (Å²) in [6.45, 7) is 3.04. The number of aromatic amines is 1. The van der Waals surface area contributed by atoms with Crippen molar-refractivity contribution in [3.63, 3.8) is 0 Å². The smallest absolute Gasteiger partial charge is 0.253 e. The predicted octanol–water partition coefficient (Wildman–Crippen LogP) is 3.11. The topological polar surface area (TPSA) is 56.9 Å². The molecule has 2 aromatic rings. The van der Waals surface area contributed by atoms with Crippen LogP contribution in [0.3, 0.4) is 0 Å². The minimum absolute atomic E-state index is 0. The maximum absolute atomic E-state index is 13.0. The van der Waals surface area contributed by atoms with E-state index in [0.717, 1.165) is 30.5 Å². The second-order valence-corrected chi connectivity index (χ2v) is 5.84. The van der Waals surface area contributed by atoms with E-state index in [-0.39, 0.29) is 30.2 Å². The van der Waals surface area contributed by atoms with Gasteiger partial charge in [-0.25, -0.2) is 4.39 Å². The van der Waals surface area contributed by atoms with E-state index < -0.39 is 0 Å². The van der Waals surface area contributed by atoms with Crippen molar-refractivity contribution >= 4 is 18.3 Å². The lowest BCUT2D eigenvalue weighted by Gasteiger charge is -2.28. The van der Waals surface area contributed by atoms with Crippen molar-refractivity contribution in [1.82, 2.24) is 15.6 Å². The summed E-state index contributed by atoms with van der Waals surface area (Å²) in [6, 6.07) is 6.78. The molecule has 1 aromatic heterocycles. The first-order chi connectivity index (χ1) is 10.6. The molecule has 0 aliphatic carbocycles. The summed E-state index contributed by atoms with van der Waals surface area (Å²) in [7, 11) is 0. The van der Waals surface area contributed by atoms with Crippen LogP contribution in [0.5, 0.6) is 0 Å². The Balaban J connectivity index is 0.00000192. The van der Waals surface area contributed by atoms with Gasteiger partial charge in [-0.05, 0) is 44.0 Å². The lowest BCUT2D eigenvalue weighted by atomic mass is 9.99. The zero-order valence-electron chi connectivity index (χ0n) is 12.9. The SMILES string of the molecule is CC1CC(NC(=O)c2c[nH]cc2-c2ccc(F)cc2)CCN1.Cl. The summed E-state index contributed by atoms with van der Waals surface area (Å²) in [6.07, 6.45) is 5.33. The van der Waals surface area contributed by atoms with Crippen molar-refractivity contribution in [2.75, 3.05) is 6.54 Å². The third-order valence-corrected chi connectivity index (χ3v) is 4.10. The number of hydrogen-bond donors (Lipinski definition) is 3. The van der Waals surface area contributed by atoms with Crippen molar-refractivity contribution in [1.29, 1.82) is 0 Å². The van der Waals surface area contributed by atoms with Crippen molar-refractivity contribution in [3.8, 4) is 11.1 Å². The van der Waals surface area contributed by atoms with Gasteiger partial charge in [0.05, 0.1) is 5.56 Å². The molecule has 2 heterocycles.